The van der Waals surface area contributed by atoms with Crippen LogP contribution < -0.4 is 5.32 Å². The van der Waals surface area contributed by atoms with Gasteiger partial charge in [-0.1, -0.05) is 53.3 Å². The first-order chi connectivity index (χ1) is 14.2. The van der Waals surface area contributed by atoms with Crippen LogP contribution in [0.2, 0.25) is 5.02 Å². The average molecular weight is 424 g/mol. The Labute approximate surface area is 175 Å². The van der Waals surface area contributed by atoms with E-state index in [2.05, 4.69) is 26.4 Å². The summed E-state index contributed by atoms with van der Waals surface area (Å²) in [6.07, 6.45) is 4.59. The first-order valence-electron chi connectivity index (χ1n) is 9.24. The highest BCUT2D eigenvalue weighted by Gasteiger charge is 2.15. The number of nitrogens with one attached hydrogen (secondary N) is 2. The Hall–Kier alpha value is -2.87. The molecule has 6 nitrogen and oxygen atoms in total. The normalized spacial score (nSPS) is 12.6. The molecule has 3 heterocycles. The van der Waals surface area contributed by atoms with E-state index in [9.17, 15) is 5.11 Å². The molecule has 0 amide bonds. The predicted molar refractivity (Wildman–Crippen MR) is 118 cm³/mol. The first-order valence-corrected chi connectivity index (χ1v) is 10.4. The molecule has 5 rings (SSSR count). The van der Waals surface area contributed by atoms with Crippen molar-refractivity contribution in [2.45, 2.75) is 12.5 Å². The molecular formula is C21H18ClN5OS. The zero-order chi connectivity index (χ0) is 19.8. The zero-order valence-corrected chi connectivity index (χ0v) is 16.9. The number of para-hydroxylation sites is 1. The molecule has 0 aliphatic heterocycles. The van der Waals surface area contributed by atoms with Gasteiger partial charge in [0.1, 0.15) is 0 Å². The number of hydrogen-bond donors (Lipinski definition) is 3. The lowest BCUT2D eigenvalue weighted by Gasteiger charge is -2.14. The first kappa shape index (κ1) is 18.2. The number of rotatable bonds is 6. The zero-order valence-electron chi connectivity index (χ0n) is 15.3. The van der Waals surface area contributed by atoms with E-state index < -0.39 is 0 Å². The molecule has 8 heteroatoms. The van der Waals surface area contributed by atoms with Gasteiger partial charge in [0, 0.05) is 27.7 Å². The maximum Gasteiger partial charge on any atom is 0.214 e. The summed E-state index contributed by atoms with van der Waals surface area (Å²) in [4.78, 5) is 8.72. The number of aliphatic hydroxyl groups excluding tert-OH is 1. The van der Waals surface area contributed by atoms with Crippen molar-refractivity contribution in [3.63, 3.8) is 0 Å². The molecule has 1 unspecified atom stereocenters. The third-order valence-corrected chi connectivity index (χ3v) is 5.98. The number of aromatic amines is 1. The molecule has 1 atom stereocenters. The number of aromatic nitrogens is 4. The Morgan fingerprint density at radius 3 is 2.79 bits per heavy atom. The molecule has 5 aromatic rings. The van der Waals surface area contributed by atoms with E-state index >= 15 is 0 Å². The largest absolute Gasteiger partial charge is 0.394 e. The van der Waals surface area contributed by atoms with Crippen LogP contribution in [0.25, 0.3) is 27.1 Å². The van der Waals surface area contributed by atoms with Gasteiger partial charge in [0.2, 0.25) is 10.1 Å². The van der Waals surface area contributed by atoms with Gasteiger partial charge in [-0.3, -0.25) is 0 Å². The molecule has 2 aromatic carbocycles. The fourth-order valence-corrected chi connectivity index (χ4v) is 4.40. The minimum absolute atomic E-state index is 0.0113. The highest BCUT2D eigenvalue weighted by molar-refractivity contribution is 7.20. The molecule has 0 saturated heterocycles. The lowest BCUT2D eigenvalue weighted by Crippen LogP contribution is -2.26. The van der Waals surface area contributed by atoms with Crippen LogP contribution in [0.15, 0.2) is 60.9 Å². The number of benzene rings is 2. The summed E-state index contributed by atoms with van der Waals surface area (Å²) in [5, 5.41) is 20.4. The van der Waals surface area contributed by atoms with Crippen LogP contribution in [0.3, 0.4) is 0 Å². The van der Waals surface area contributed by atoms with Crippen LogP contribution >= 0.6 is 22.9 Å². The molecule has 0 fully saturated rings. The van der Waals surface area contributed by atoms with Crippen LogP contribution in [-0.4, -0.2) is 37.3 Å². The van der Waals surface area contributed by atoms with Crippen molar-refractivity contribution in [2.75, 3.05) is 11.9 Å². The molecule has 0 bridgehead atoms. The van der Waals surface area contributed by atoms with E-state index in [0.717, 1.165) is 26.9 Å². The minimum atomic E-state index is -0.138. The summed E-state index contributed by atoms with van der Waals surface area (Å²) in [6.45, 7) is 0.0113. The fraction of sp³-hybridized carbons (Fsp3) is 0.143. The topological polar surface area (TPSA) is 78.2 Å². The molecule has 3 aromatic heterocycles. The highest BCUT2D eigenvalue weighted by Crippen LogP contribution is 2.26. The minimum Gasteiger partial charge on any atom is -0.394 e. The Morgan fingerprint density at radius 2 is 2.00 bits per heavy atom. The number of anilines is 1. The van der Waals surface area contributed by atoms with Crippen molar-refractivity contribution in [3.05, 3.63) is 71.5 Å². The third-order valence-electron chi connectivity index (χ3n) is 4.87. The van der Waals surface area contributed by atoms with Crippen molar-refractivity contribution in [1.29, 1.82) is 0 Å². The summed E-state index contributed by atoms with van der Waals surface area (Å²) in [7, 11) is 0. The fourth-order valence-electron chi connectivity index (χ4n) is 3.42. The molecular weight excluding hydrogens is 406 g/mol. The van der Waals surface area contributed by atoms with Gasteiger partial charge in [0.05, 0.1) is 24.5 Å². The van der Waals surface area contributed by atoms with E-state index in [1.165, 1.54) is 22.3 Å². The smallest absolute Gasteiger partial charge is 0.214 e. The van der Waals surface area contributed by atoms with E-state index in [0.29, 0.717) is 11.4 Å². The molecule has 0 saturated carbocycles. The summed E-state index contributed by atoms with van der Waals surface area (Å²) >= 11 is 7.42. The molecule has 0 aliphatic rings. The van der Waals surface area contributed by atoms with Gasteiger partial charge in [-0.15, -0.1) is 5.10 Å². The number of halogens is 1. The van der Waals surface area contributed by atoms with Crippen LogP contribution in [0.5, 0.6) is 0 Å². The second-order valence-electron chi connectivity index (χ2n) is 6.85. The summed E-state index contributed by atoms with van der Waals surface area (Å²) in [5.74, 6) is 0. The molecule has 3 N–H and O–H groups in total. The molecule has 29 heavy (non-hydrogen) atoms. The number of fused-ring (bicyclic) bond motifs is 2. The summed E-state index contributed by atoms with van der Waals surface area (Å²) < 4.78 is 1.76. The monoisotopic (exact) mass is 423 g/mol. The number of imidazole rings is 1. The van der Waals surface area contributed by atoms with Crippen molar-refractivity contribution in [3.8, 4) is 11.3 Å². The van der Waals surface area contributed by atoms with Gasteiger partial charge in [0.25, 0.3) is 0 Å². The number of hydrogen-bond acceptors (Lipinski definition) is 5. The second kappa shape index (κ2) is 7.51. The second-order valence-corrected chi connectivity index (χ2v) is 8.25. The van der Waals surface area contributed by atoms with Crippen LogP contribution in [0.4, 0.5) is 5.13 Å². The van der Waals surface area contributed by atoms with E-state index in [4.69, 9.17) is 11.6 Å². The van der Waals surface area contributed by atoms with Gasteiger partial charge in [-0.2, -0.15) is 0 Å². The summed E-state index contributed by atoms with van der Waals surface area (Å²) in [5.41, 5.74) is 4.11. The SMILES string of the molecule is OCC(Cc1c[nH]c2ccccc12)Nc1nn2cc(-c3ccc(Cl)cc3)nc2s1. The van der Waals surface area contributed by atoms with Gasteiger partial charge >= 0.3 is 0 Å². The Morgan fingerprint density at radius 1 is 1.17 bits per heavy atom. The molecule has 146 valence electrons. The van der Waals surface area contributed by atoms with Crippen LogP contribution in [0.1, 0.15) is 5.56 Å². The van der Waals surface area contributed by atoms with Gasteiger partial charge in [-0.25, -0.2) is 9.50 Å². The quantitative estimate of drug-likeness (QED) is 0.372. The Kier molecular flexibility index (Phi) is 4.71. The summed E-state index contributed by atoms with van der Waals surface area (Å²) in [6, 6.07) is 15.6. The number of aliphatic hydroxyl groups is 1. The van der Waals surface area contributed by atoms with Gasteiger partial charge < -0.3 is 15.4 Å². The molecule has 0 spiro atoms. The van der Waals surface area contributed by atoms with E-state index in [1.54, 1.807) is 4.52 Å². The standard InChI is InChI=1S/C21H18ClN5OS/c22-15-7-5-13(6-8-15)19-11-27-21(25-19)29-20(26-27)24-16(12-28)9-14-10-23-18-4-2-1-3-17(14)18/h1-8,10-11,16,23,28H,9,12H2,(H,24,26). The van der Waals surface area contributed by atoms with E-state index in [1.807, 2.05) is 54.9 Å². The Balaban J connectivity index is 1.34. The average Bonchev–Trinajstić information content (AvgIpc) is 3.41. The maximum atomic E-state index is 9.87. The molecule has 0 radical (unpaired) electrons. The van der Waals surface area contributed by atoms with Gasteiger partial charge in [-0.05, 0) is 30.2 Å². The lowest BCUT2D eigenvalue weighted by atomic mass is 10.1. The maximum absolute atomic E-state index is 9.87. The highest BCUT2D eigenvalue weighted by atomic mass is 35.5. The lowest BCUT2D eigenvalue weighted by molar-refractivity contribution is 0.274. The molecule has 0 aliphatic carbocycles. The van der Waals surface area contributed by atoms with Crippen molar-refractivity contribution < 1.29 is 5.11 Å². The van der Waals surface area contributed by atoms with Crippen molar-refractivity contribution >= 4 is 43.9 Å². The Bertz CT molecular complexity index is 1240. The third kappa shape index (κ3) is 3.60. The number of H-pyrrole nitrogens is 1. The van der Waals surface area contributed by atoms with Crippen LogP contribution in [-0.2, 0) is 6.42 Å². The van der Waals surface area contributed by atoms with Gasteiger partial charge in [0.15, 0.2) is 0 Å². The van der Waals surface area contributed by atoms with E-state index in [-0.39, 0.29) is 12.6 Å². The van der Waals surface area contributed by atoms with Crippen molar-refractivity contribution in [1.82, 2.24) is 19.6 Å². The predicted octanol–water partition coefficient (Wildman–Crippen LogP) is 4.61. The van der Waals surface area contributed by atoms with Crippen LogP contribution in [0, 0.1) is 0 Å². The number of nitrogens with zero attached hydrogens (tertiary/aromatic N) is 3. The van der Waals surface area contributed by atoms with Crippen molar-refractivity contribution in [2.24, 2.45) is 0 Å².